The summed E-state index contributed by atoms with van der Waals surface area (Å²) >= 11 is 0. The van der Waals surface area contributed by atoms with Crippen molar-refractivity contribution in [3.8, 4) is 11.5 Å². The van der Waals surface area contributed by atoms with Crippen LogP contribution in [0.15, 0.2) is 12.1 Å². The van der Waals surface area contributed by atoms with Crippen molar-refractivity contribution >= 4 is 16.2 Å². The van der Waals surface area contributed by atoms with Crippen LogP contribution >= 0.6 is 0 Å². The van der Waals surface area contributed by atoms with Gasteiger partial charge in [-0.1, -0.05) is 18.7 Å². The summed E-state index contributed by atoms with van der Waals surface area (Å²) in [4.78, 5) is 12.3. The summed E-state index contributed by atoms with van der Waals surface area (Å²) in [7, 11) is -4.71. The second-order valence-corrected chi connectivity index (χ2v) is 8.83. The van der Waals surface area contributed by atoms with Gasteiger partial charge in [-0.05, 0) is 67.1 Å². The molecule has 0 aliphatic heterocycles. The molecule has 1 N–H and O–H groups in total. The van der Waals surface area contributed by atoms with Gasteiger partial charge in [-0.15, -0.1) is 0 Å². The Labute approximate surface area is 175 Å². The predicted octanol–water partition coefficient (Wildman–Crippen LogP) is -0.629. The van der Waals surface area contributed by atoms with Crippen LogP contribution in [0, 0.1) is 17.3 Å². The van der Waals surface area contributed by atoms with Gasteiger partial charge in [-0.2, -0.15) is 8.42 Å². The standard InChI is InChI=1S/C18H22O6S.Na/c1-18-9-8-11-10-4-6-15(24-25(21,22)23)17(20)13(10)3-2-12(11)14(18)5-7-16(18)19;/h4,6,11-12,14,20H,2-3,5,7-9H2,1H3,(H,21,22,23);/q;+1/p-1/t11-,12-,14+,18+;/m1./s1. The van der Waals surface area contributed by atoms with Crippen molar-refractivity contribution in [1.29, 1.82) is 0 Å². The van der Waals surface area contributed by atoms with Gasteiger partial charge in [0.2, 0.25) is 0 Å². The van der Waals surface area contributed by atoms with Crippen LogP contribution in [0.1, 0.15) is 56.1 Å². The molecule has 8 heteroatoms. The van der Waals surface area contributed by atoms with E-state index in [-0.39, 0.29) is 46.6 Å². The SMILES string of the molecule is C[C@]12CC[C@@H]3c4ccc(OS(=O)(=O)O)c([O-])c4CC[C@H]3[C@@H]1CCC2=O.[Na+]. The first-order chi connectivity index (χ1) is 11.7. The molecule has 136 valence electrons. The van der Waals surface area contributed by atoms with Crippen LogP contribution in [-0.2, 0) is 21.6 Å². The summed E-state index contributed by atoms with van der Waals surface area (Å²) < 4.78 is 35.0. The molecule has 2 fully saturated rings. The molecule has 0 radical (unpaired) electrons. The van der Waals surface area contributed by atoms with E-state index in [4.69, 9.17) is 4.55 Å². The Morgan fingerprint density at radius 3 is 2.65 bits per heavy atom. The topological polar surface area (TPSA) is 104 Å². The fourth-order valence-corrected chi connectivity index (χ4v) is 5.92. The zero-order valence-corrected chi connectivity index (χ0v) is 17.8. The third kappa shape index (κ3) is 3.11. The summed E-state index contributed by atoms with van der Waals surface area (Å²) in [6.45, 7) is 2.10. The molecular formula is C18H21NaO6S. The van der Waals surface area contributed by atoms with Gasteiger partial charge < -0.3 is 9.29 Å². The van der Waals surface area contributed by atoms with Crippen LogP contribution in [0.25, 0.3) is 0 Å². The molecule has 0 aromatic heterocycles. The first-order valence-corrected chi connectivity index (χ1v) is 10.1. The Balaban J connectivity index is 0.00000196. The van der Waals surface area contributed by atoms with Gasteiger partial charge in [0.25, 0.3) is 0 Å². The number of hydrogen-bond acceptors (Lipinski definition) is 5. The van der Waals surface area contributed by atoms with Gasteiger partial charge in [-0.3, -0.25) is 9.35 Å². The molecule has 0 saturated heterocycles. The fourth-order valence-electron chi connectivity index (χ4n) is 5.56. The molecule has 2 saturated carbocycles. The maximum absolute atomic E-state index is 12.6. The molecule has 3 aliphatic rings. The third-order valence-corrected chi connectivity index (χ3v) is 7.12. The van der Waals surface area contributed by atoms with E-state index in [0.29, 0.717) is 36.0 Å². The van der Waals surface area contributed by atoms with Crippen molar-refractivity contribution < 1.29 is 56.6 Å². The van der Waals surface area contributed by atoms with Crippen molar-refractivity contribution in [2.24, 2.45) is 17.3 Å². The molecule has 0 spiro atoms. The zero-order valence-electron chi connectivity index (χ0n) is 15.0. The van der Waals surface area contributed by atoms with Gasteiger partial charge >= 0.3 is 40.0 Å². The van der Waals surface area contributed by atoms with Crippen molar-refractivity contribution in [3.63, 3.8) is 0 Å². The van der Waals surface area contributed by atoms with Gasteiger partial charge in [0, 0.05) is 11.8 Å². The van der Waals surface area contributed by atoms with Gasteiger partial charge in [0.1, 0.15) is 11.5 Å². The van der Waals surface area contributed by atoms with E-state index in [1.807, 2.05) is 0 Å². The fraction of sp³-hybridized carbons (Fsp3) is 0.611. The van der Waals surface area contributed by atoms with E-state index < -0.39 is 16.1 Å². The number of rotatable bonds is 2. The van der Waals surface area contributed by atoms with Crippen molar-refractivity contribution in [1.82, 2.24) is 0 Å². The molecule has 0 unspecified atom stereocenters. The Kier molecular flexibility index (Phi) is 5.25. The minimum absolute atomic E-state index is 0. The Hall–Kier alpha value is -0.600. The maximum Gasteiger partial charge on any atom is 1.00 e. The maximum atomic E-state index is 12.6. The quantitative estimate of drug-likeness (QED) is 0.535. The van der Waals surface area contributed by atoms with Crippen LogP contribution < -0.4 is 38.8 Å². The van der Waals surface area contributed by atoms with Gasteiger partial charge in [-0.25, -0.2) is 0 Å². The number of ketones is 1. The van der Waals surface area contributed by atoms with E-state index in [1.54, 1.807) is 6.07 Å². The first-order valence-electron chi connectivity index (χ1n) is 8.74. The zero-order chi connectivity index (χ0) is 18.0. The Morgan fingerprint density at radius 1 is 1.23 bits per heavy atom. The van der Waals surface area contributed by atoms with Crippen molar-refractivity contribution in [3.05, 3.63) is 23.3 Å². The normalized spacial score (nSPS) is 32.8. The van der Waals surface area contributed by atoms with E-state index in [2.05, 4.69) is 11.1 Å². The van der Waals surface area contributed by atoms with E-state index in [1.165, 1.54) is 6.07 Å². The Bertz CT molecular complexity index is 851. The van der Waals surface area contributed by atoms with E-state index in [0.717, 1.165) is 31.2 Å². The minimum Gasteiger partial charge on any atom is -0.870 e. The summed E-state index contributed by atoms with van der Waals surface area (Å²) in [5.41, 5.74) is 1.34. The molecule has 0 bridgehead atoms. The van der Waals surface area contributed by atoms with Crippen LogP contribution in [0.3, 0.4) is 0 Å². The first kappa shape index (κ1) is 20.1. The molecule has 4 rings (SSSR count). The average molecular weight is 388 g/mol. The molecule has 26 heavy (non-hydrogen) atoms. The molecule has 0 heterocycles. The smallest absolute Gasteiger partial charge is 0.870 e. The van der Waals surface area contributed by atoms with Gasteiger partial charge in [0.15, 0.2) is 0 Å². The minimum atomic E-state index is -4.71. The second kappa shape index (κ2) is 6.78. The van der Waals surface area contributed by atoms with Crippen LogP contribution in [0.5, 0.6) is 11.5 Å². The molecule has 1 aromatic rings. The summed E-state index contributed by atoms with van der Waals surface area (Å²) in [5.74, 6) is 0.574. The molecule has 0 amide bonds. The third-order valence-electron chi connectivity index (χ3n) is 6.73. The van der Waals surface area contributed by atoms with E-state index >= 15 is 0 Å². The molecule has 3 aliphatic carbocycles. The molecule has 6 nitrogen and oxygen atoms in total. The number of carbonyl (C=O) groups is 1. The molecular weight excluding hydrogens is 367 g/mol. The van der Waals surface area contributed by atoms with Crippen LogP contribution in [0.4, 0.5) is 0 Å². The second-order valence-electron chi connectivity index (χ2n) is 7.81. The average Bonchev–Trinajstić information content (AvgIpc) is 2.84. The van der Waals surface area contributed by atoms with E-state index in [9.17, 15) is 18.3 Å². The molecule has 4 atom stereocenters. The van der Waals surface area contributed by atoms with Crippen molar-refractivity contribution in [2.45, 2.75) is 51.4 Å². The molecule has 1 aromatic carbocycles. The largest absolute Gasteiger partial charge is 1.00 e. The summed E-state index contributed by atoms with van der Waals surface area (Å²) in [6.07, 6.45) is 4.68. The van der Waals surface area contributed by atoms with Gasteiger partial charge in [0.05, 0.1) is 0 Å². The van der Waals surface area contributed by atoms with Crippen LogP contribution in [-0.4, -0.2) is 18.8 Å². The summed E-state index contributed by atoms with van der Waals surface area (Å²) in [5, 5.41) is 12.6. The number of carbonyl (C=O) groups excluding carboxylic acids is 1. The summed E-state index contributed by atoms with van der Waals surface area (Å²) in [6, 6.07) is 3.10. The predicted molar refractivity (Wildman–Crippen MR) is 87.7 cm³/mol. The van der Waals surface area contributed by atoms with Crippen molar-refractivity contribution in [2.75, 3.05) is 0 Å². The monoisotopic (exact) mass is 388 g/mol. The number of benzene rings is 1. The Morgan fingerprint density at radius 2 is 1.96 bits per heavy atom. The number of fused-ring (bicyclic) bond motifs is 5. The number of hydrogen-bond donors (Lipinski definition) is 1. The van der Waals surface area contributed by atoms with Crippen LogP contribution in [0.2, 0.25) is 0 Å². The number of Topliss-reactive ketones (excluding diaryl/α,β-unsaturated/α-hetero) is 1.